The molecule has 2 rings (SSSR count). The average Bonchev–Trinajstić information content (AvgIpc) is 3.09. The Labute approximate surface area is 109 Å². The number of rotatable bonds is 5. The fourth-order valence-corrected chi connectivity index (χ4v) is 1.72. The van der Waals surface area contributed by atoms with Crippen molar-refractivity contribution in [2.75, 3.05) is 6.61 Å². The van der Waals surface area contributed by atoms with Crippen molar-refractivity contribution >= 4 is 23.5 Å². The summed E-state index contributed by atoms with van der Waals surface area (Å²) in [5, 5.41) is 11.8. The van der Waals surface area contributed by atoms with Crippen LogP contribution in [0.3, 0.4) is 0 Å². The summed E-state index contributed by atoms with van der Waals surface area (Å²) in [5.74, 6) is -1.07. The van der Waals surface area contributed by atoms with E-state index in [2.05, 4.69) is 5.32 Å². The van der Waals surface area contributed by atoms with Crippen LogP contribution in [0.5, 0.6) is 5.75 Å². The Kier molecular flexibility index (Phi) is 3.43. The number of para-hydroxylation sites is 1. The minimum atomic E-state index is -1.08. The van der Waals surface area contributed by atoms with Crippen LogP contribution in [-0.4, -0.2) is 29.1 Å². The molecule has 2 N–H and O–H groups in total. The Morgan fingerprint density at radius 2 is 2.06 bits per heavy atom. The van der Waals surface area contributed by atoms with E-state index in [1.54, 1.807) is 24.3 Å². The van der Waals surface area contributed by atoms with Gasteiger partial charge < -0.3 is 15.2 Å². The van der Waals surface area contributed by atoms with Gasteiger partial charge in [0.15, 0.2) is 6.61 Å². The zero-order chi connectivity index (χ0) is 13.2. The maximum absolute atomic E-state index is 11.5. The van der Waals surface area contributed by atoms with E-state index in [-0.39, 0.29) is 6.61 Å². The van der Waals surface area contributed by atoms with Crippen LogP contribution in [0.2, 0.25) is 5.02 Å². The summed E-state index contributed by atoms with van der Waals surface area (Å²) in [5.41, 5.74) is -1.08. The molecule has 1 amide bonds. The van der Waals surface area contributed by atoms with Crippen LogP contribution in [0.15, 0.2) is 24.3 Å². The predicted molar refractivity (Wildman–Crippen MR) is 64.7 cm³/mol. The molecule has 0 unspecified atom stereocenters. The van der Waals surface area contributed by atoms with Crippen LogP contribution in [0.1, 0.15) is 12.8 Å². The Hall–Kier alpha value is -1.75. The lowest BCUT2D eigenvalue weighted by Crippen LogP contribution is -2.45. The number of nitrogens with one attached hydrogen (secondary N) is 1. The Morgan fingerprint density at radius 1 is 1.39 bits per heavy atom. The van der Waals surface area contributed by atoms with Crippen molar-refractivity contribution in [1.82, 2.24) is 5.32 Å². The number of halogens is 1. The molecule has 0 radical (unpaired) electrons. The minimum absolute atomic E-state index is 0.251. The van der Waals surface area contributed by atoms with Crippen molar-refractivity contribution in [2.45, 2.75) is 18.4 Å². The van der Waals surface area contributed by atoms with Gasteiger partial charge in [0.05, 0.1) is 5.02 Å². The predicted octanol–water partition coefficient (Wildman–Crippen LogP) is 1.45. The van der Waals surface area contributed by atoms with E-state index in [9.17, 15) is 9.59 Å². The van der Waals surface area contributed by atoms with E-state index in [4.69, 9.17) is 21.4 Å². The van der Waals surface area contributed by atoms with Crippen molar-refractivity contribution in [3.8, 4) is 5.75 Å². The van der Waals surface area contributed by atoms with Gasteiger partial charge in [0.1, 0.15) is 11.3 Å². The summed E-state index contributed by atoms with van der Waals surface area (Å²) >= 11 is 5.85. The van der Waals surface area contributed by atoms with E-state index >= 15 is 0 Å². The molecule has 1 saturated carbocycles. The summed E-state index contributed by atoms with van der Waals surface area (Å²) < 4.78 is 5.22. The Bertz CT molecular complexity index is 485. The molecule has 0 heterocycles. The molecule has 0 aliphatic heterocycles. The molecule has 1 aliphatic rings. The van der Waals surface area contributed by atoms with Gasteiger partial charge in [0, 0.05) is 0 Å². The molecule has 18 heavy (non-hydrogen) atoms. The van der Waals surface area contributed by atoms with Gasteiger partial charge in [0.2, 0.25) is 0 Å². The summed E-state index contributed by atoms with van der Waals surface area (Å²) in [4.78, 5) is 22.4. The van der Waals surface area contributed by atoms with Gasteiger partial charge in [-0.05, 0) is 25.0 Å². The van der Waals surface area contributed by atoms with Gasteiger partial charge in [-0.25, -0.2) is 4.79 Å². The summed E-state index contributed by atoms with van der Waals surface area (Å²) in [6, 6.07) is 6.77. The monoisotopic (exact) mass is 269 g/mol. The number of carbonyl (C=O) groups is 2. The number of carbonyl (C=O) groups excluding carboxylic acids is 1. The number of benzene rings is 1. The highest BCUT2D eigenvalue weighted by Gasteiger charge is 2.51. The third kappa shape index (κ3) is 2.73. The van der Waals surface area contributed by atoms with E-state index < -0.39 is 17.4 Å². The number of hydrogen-bond acceptors (Lipinski definition) is 3. The maximum Gasteiger partial charge on any atom is 0.329 e. The molecule has 0 saturated heterocycles. The maximum atomic E-state index is 11.5. The van der Waals surface area contributed by atoms with Crippen molar-refractivity contribution < 1.29 is 19.4 Å². The second-order valence-corrected chi connectivity index (χ2v) is 4.56. The van der Waals surface area contributed by atoms with Crippen LogP contribution in [0, 0.1) is 0 Å². The number of hydrogen-bond donors (Lipinski definition) is 2. The third-order valence-electron chi connectivity index (χ3n) is 2.73. The lowest BCUT2D eigenvalue weighted by Gasteiger charge is -2.13. The highest BCUT2D eigenvalue weighted by atomic mass is 35.5. The fourth-order valence-electron chi connectivity index (χ4n) is 1.53. The third-order valence-corrected chi connectivity index (χ3v) is 3.05. The van der Waals surface area contributed by atoms with E-state index in [0.717, 1.165) is 0 Å². The molecular formula is C12H12ClNO4. The number of carboxylic acids is 1. The molecule has 0 atom stereocenters. The minimum Gasteiger partial charge on any atom is -0.482 e. The van der Waals surface area contributed by atoms with Crippen LogP contribution in [-0.2, 0) is 9.59 Å². The van der Waals surface area contributed by atoms with Gasteiger partial charge in [0.25, 0.3) is 5.91 Å². The first-order chi connectivity index (χ1) is 8.53. The van der Waals surface area contributed by atoms with Gasteiger partial charge in [-0.2, -0.15) is 0 Å². The van der Waals surface area contributed by atoms with Crippen LogP contribution < -0.4 is 10.1 Å². The van der Waals surface area contributed by atoms with Crippen LogP contribution in [0.25, 0.3) is 0 Å². The summed E-state index contributed by atoms with van der Waals surface area (Å²) in [6.45, 7) is -0.251. The smallest absolute Gasteiger partial charge is 0.329 e. The molecule has 6 heteroatoms. The topological polar surface area (TPSA) is 75.6 Å². The number of carboxylic acid groups (broad SMARTS) is 1. The molecule has 1 aromatic rings. The van der Waals surface area contributed by atoms with Crippen molar-refractivity contribution in [1.29, 1.82) is 0 Å². The molecule has 1 aliphatic carbocycles. The highest BCUT2D eigenvalue weighted by Crippen LogP contribution is 2.35. The summed E-state index contributed by atoms with van der Waals surface area (Å²) in [7, 11) is 0. The second kappa shape index (κ2) is 4.86. The molecule has 96 valence electrons. The molecule has 1 fully saturated rings. The molecule has 0 aromatic heterocycles. The zero-order valence-corrected chi connectivity index (χ0v) is 10.2. The van der Waals surface area contributed by atoms with Crippen molar-refractivity contribution in [3.63, 3.8) is 0 Å². The number of ether oxygens (including phenoxy) is 1. The van der Waals surface area contributed by atoms with Gasteiger partial charge >= 0.3 is 5.97 Å². The first-order valence-electron chi connectivity index (χ1n) is 5.45. The van der Waals surface area contributed by atoms with Gasteiger partial charge in [-0.15, -0.1) is 0 Å². The van der Waals surface area contributed by atoms with E-state index in [1.807, 2.05) is 0 Å². The molecular weight excluding hydrogens is 258 g/mol. The first kappa shape index (κ1) is 12.7. The Balaban J connectivity index is 1.86. The molecule has 5 nitrogen and oxygen atoms in total. The second-order valence-electron chi connectivity index (χ2n) is 4.15. The average molecular weight is 270 g/mol. The largest absolute Gasteiger partial charge is 0.482 e. The van der Waals surface area contributed by atoms with E-state index in [0.29, 0.717) is 23.6 Å². The zero-order valence-electron chi connectivity index (χ0n) is 9.48. The number of aliphatic carboxylic acids is 1. The molecule has 1 aromatic carbocycles. The summed E-state index contributed by atoms with van der Waals surface area (Å²) in [6.07, 6.45) is 0.917. The standard InChI is InChI=1S/C12H12ClNO4/c13-8-3-1-2-4-9(8)18-7-10(15)14-12(5-6-12)11(16)17/h1-4H,5-7H2,(H,14,15)(H,16,17). The Morgan fingerprint density at radius 3 is 2.61 bits per heavy atom. The van der Waals surface area contributed by atoms with Crippen molar-refractivity contribution in [2.24, 2.45) is 0 Å². The van der Waals surface area contributed by atoms with Crippen LogP contribution >= 0.6 is 11.6 Å². The fraction of sp³-hybridized carbons (Fsp3) is 0.333. The lowest BCUT2D eigenvalue weighted by atomic mass is 10.3. The van der Waals surface area contributed by atoms with Gasteiger partial charge in [-0.3, -0.25) is 4.79 Å². The van der Waals surface area contributed by atoms with Gasteiger partial charge in [-0.1, -0.05) is 23.7 Å². The quantitative estimate of drug-likeness (QED) is 0.848. The van der Waals surface area contributed by atoms with Crippen molar-refractivity contribution in [3.05, 3.63) is 29.3 Å². The van der Waals surface area contributed by atoms with E-state index in [1.165, 1.54) is 0 Å². The molecule has 0 spiro atoms. The molecule has 0 bridgehead atoms. The highest BCUT2D eigenvalue weighted by molar-refractivity contribution is 6.32. The lowest BCUT2D eigenvalue weighted by molar-refractivity contribution is -0.143. The number of amides is 1. The SMILES string of the molecule is O=C(COc1ccccc1Cl)NC1(C(=O)O)CC1. The normalized spacial score (nSPS) is 15.8. The van der Waals surface area contributed by atoms with Crippen LogP contribution in [0.4, 0.5) is 0 Å². The first-order valence-corrected chi connectivity index (χ1v) is 5.83.